The van der Waals surface area contributed by atoms with E-state index in [0.717, 1.165) is 42.0 Å². The molecule has 2 aliphatic rings. The highest BCUT2D eigenvalue weighted by molar-refractivity contribution is 6.35. The number of aromatic amines is 1. The molecule has 1 saturated heterocycles. The van der Waals surface area contributed by atoms with E-state index in [1.807, 2.05) is 24.3 Å². The van der Waals surface area contributed by atoms with E-state index >= 15 is 0 Å². The number of nitrogens with zero attached hydrogens (tertiary/aromatic N) is 1. The van der Waals surface area contributed by atoms with Crippen molar-refractivity contribution in [3.8, 4) is 5.75 Å². The maximum atomic E-state index is 12.4. The second kappa shape index (κ2) is 7.92. The Bertz CT molecular complexity index is 1200. The van der Waals surface area contributed by atoms with Crippen LogP contribution in [0.2, 0.25) is 0 Å². The van der Waals surface area contributed by atoms with Crippen LogP contribution in [0.4, 0.5) is 5.69 Å². The minimum absolute atomic E-state index is 0.142. The second-order valence-electron chi connectivity index (χ2n) is 7.95. The summed E-state index contributed by atoms with van der Waals surface area (Å²) >= 11 is 0. The van der Waals surface area contributed by atoms with E-state index < -0.39 is 5.97 Å². The molecule has 2 aromatic carbocycles. The lowest BCUT2D eigenvalue weighted by molar-refractivity contribution is -0.110. The molecule has 158 valence electrons. The number of carboxylic acids is 1. The normalized spacial score (nSPS) is 17.3. The van der Waals surface area contributed by atoms with Crippen LogP contribution in [0.1, 0.15) is 34.5 Å². The summed E-state index contributed by atoms with van der Waals surface area (Å²) in [6.07, 6.45) is 4.34. The molecule has 0 saturated carbocycles. The lowest BCUT2D eigenvalue weighted by Crippen LogP contribution is -2.25. The molecule has 5 rings (SSSR count). The smallest absolute Gasteiger partial charge is 0.335 e. The lowest BCUT2D eigenvalue weighted by Gasteiger charge is -2.14. The van der Waals surface area contributed by atoms with E-state index in [2.05, 4.69) is 15.2 Å². The van der Waals surface area contributed by atoms with Gasteiger partial charge < -0.3 is 20.1 Å². The molecule has 0 radical (unpaired) electrons. The molecule has 1 amide bonds. The van der Waals surface area contributed by atoms with E-state index in [9.17, 15) is 9.59 Å². The maximum Gasteiger partial charge on any atom is 0.335 e. The average molecular weight is 417 g/mol. The van der Waals surface area contributed by atoms with Crippen LogP contribution in [0, 0.1) is 0 Å². The number of carbonyl (C=O) groups is 2. The molecule has 3 N–H and O–H groups in total. The van der Waals surface area contributed by atoms with Gasteiger partial charge in [-0.05, 0) is 68.4 Å². The summed E-state index contributed by atoms with van der Waals surface area (Å²) in [5, 5.41) is 12.9. The number of carbonyl (C=O) groups excluding carboxylic acids is 1. The van der Waals surface area contributed by atoms with Gasteiger partial charge in [0, 0.05) is 34.4 Å². The molecule has 0 unspecified atom stereocenters. The Balaban J connectivity index is 1.35. The van der Waals surface area contributed by atoms with Crippen molar-refractivity contribution in [1.29, 1.82) is 0 Å². The molecule has 7 heteroatoms. The minimum Gasteiger partial charge on any atom is -0.492 e. The molecular formula is C24H23N3O4. The third-order valence-electron chi connectivity index (χ3n) is 5.84. The number of hydrogen-bond donors (Lipinski definition) is 3. The summed E-state index contributed by atoms with van der Waals surface area (Å²) in [5.41, 5.74) is 3.60. The van der Waals surface area contributed by atoms with Gasteiger partial charge in [-0.15, -0.1) is 0 Å². The molecule has 0 bridgehead atoms. The summed E-state index contributed by atoms with van der Waals surface area (Å²) in [6.45, 7) is 3.93. The van der Waals surface area contributed by atoms with Gasteiger partial charge >= 0.3 is 5.97 Å². The fraction of sp³-hybridized carbons (Fsp3) is 0.250. The van der Waals surface area contributed by atoms with Gasteiger partial charge in [-0.25, -0.2) is 4.79 Å². The molecule has 1 aromatic heterocycles. The van der Waals surface area contributed by atoms with Gasteiger partial charge in [0.15, 0.2) is 0 Å². The fourth-order valence-corrected chi connectivity index (χ4v) is 4.23. The number of benzene rings is 2. The van der Waals surface area contributed by atoms with E-state index in [1.165, 1.54) is 25.0 Å². The van der Waals surface area contributed by atoms with Crippen molar-refractivity contribution >= 4 is 40.1 Å². The van der Waals surface area contributed by atoms with Gasteiger partial charge in [-0.1, -0.05) is 6.07 Å². The number of rotatable bonds is 6. The van der Waals surface area contributed by atoms with E-state index in [4.69, 9.17) is 9.84 Å². The van der Waals surface area contributed by atoms with E-state index in [-0.39, 0.29) is 11.5 Å². The summed E-state index contributed by atoms with van der Waals surface area (Å²) in [7, 11) is 0. The van der Waals surface area contributed by atoms with Gasteiger partial charge in [-0.2, -0.15) is 0 Å². The highest BCUT2D eigenvalue weighted by Gasteiger charge is 2.25. The molecule has 3 heterocycles. The van der Waals surface area contributed by atoms with Crippen LogP contribution in [0.15, 0.2) is 42.5 Å². The molecular weight excluding hydrogens is 394 g/mol. The molecule has 0 spiro atoms. The van der Waals surface area contributed by atoms with Crippen LogP contribution < -0.4 is 10.1 Å². The molecule has 0 aliphatic carbocycles. The molecule has 7 nitrogen and oxygen atoms in total. The Kier molecular flexibility index (Phi) is 4.95. The van der Waals surface area contributed by atoms with Crippen molar-refractivity contribution in [2.24, 2.45) is 0 Å². The molecule has 1 fully saturated rings. The van der Waals surface area contributed by atoms with Gasteiger partial charge in [0.2, 0.25) is 0 Å². The molecule has 0 atom stereocenters. The maximum absolute atomic E-state index is 12.4. The number of ether oxygens (including phenoxy) is 1. The fourth-order valence-electron chi connectivity index (χ4n) is 4.23. The standard InChI is InChI=1S/C24H23N3O4/c28-23-20(19-5-3-15(24(29)30)13-22(19)26-23)14-17-11-16-12-18(4-6-21(16)25-17)31-10-9-27-7-1-2-8-27/h3-6,11-14,25H,1-2,7-10H2,(H,26,28)(H,29,30). The minimum atomic E-state index is -1.02. The zero-order valence-electron chi connectivity index (χ0n) is 17.0. The zero-order chi connectivity index (χ0) is 21.4. The largest absolute Gasteiger partial charge is 0.492 e. The summed E-state index contributed by atoms with van der Waals surface area (Å²) in [4.78, 5) is 29.4. The topological polar surface area (TPSA) is 94.7 Å². The first kappa shape index (κ1) is 19.4. The Morgan fingerprint density at radius 3 is 2.77 bits per heavy atom. The third kappa shape index (κ3) is 3.92. The number of likely N-dealkylation sites (tertiary alicyclic amines) is 1. The van der Waals surface area contributed by atoms with Gasteiger partial charge in [0.05, 0.1) is 11.1 Å². The van der Waals surface area contributed by atoms with Crippen LogP contribution in [0.25, 0.3) is 22.6 Å². The summed E-state index contributed by atoms with van der Waals surface area (Å²) in [6, 6.07) is 12.6. The highest BCUT2D eigenvalue weighted by Crippen LogP contribution is 2.34. The number of aromatic nitrogens is 1. The first-order valence-electron chi connectivity index (χ1n) is 10.5. The average Bonchev–Trinajstić information content (AvgIpc) is 3.47. The van der Waals surface area contributed by atoms with Gasteiger partial charge in [0.1, 0.15) is 12.4 Å². The number of nitrogens with one attached hydrogen (secondary N) is 2. The number of anilines is 1. The Morgan fingerprint density at radius 1 is 1.13 bits per heavy atom. The number of aromatic carboxylic acids is 1. The Labute approximate surface area is 179 Å². The van der Waals surface area contributed by atoms with Crippen molar-refractivity contribution < 1.29 is 19.4 Å². The quantitative estimate of drug-likeness (QED) is 0.530. The predicted octanol–water partition coefficient (Wildman–Crippen LogP) is 3.83. The number of fused-ring (bicyclic) bond motifs is 2. The van der Waals surface area contributed by atoms with Crippen molar-refractivity contribution in [3.05, 3.63) is 59.3 Å². The molecule has 31 heavy (non-hydrogen) atoms. The van der Waals surface area contributed by atoms with Crippen LogP contribution >= 0.6 is 0 Å². The SMILES string of the molecule is O=C1Nc2cc(C(=O)O)ccc2C1=Cc1cc2cc(OCCN3CCCC3)ccc2[nH]1. The van der Waals surface area contributed by atoms with Crippen LogP contribution in [0.5, 0.6) is 5.75 Å². The van der Waals surface area contributed by atoms with Crippen LogP contribution in [-0.2, 0) is 4.79 Å². The summed E-state index contributed by atoms with van der Waals surface area (Å²) < 4.78 is 5.93. The number of amides is 1. The Hall–Kier alpha value is -3.58. The number of hydrogen-bond acceptors (Lipinski definition) is 4. The number of H-pyrrole nitrogens is 1. The first-order chi connectivity index (χ1) is 15.1. The lowest BCUT2D eigenvalue weighted by atomic mass is 10.0. The molecule has 3 aromatic rings. The monoisotopic (exact) mass is 417 g/mol. The Morgan fingerprint density at radius 2 is 1.97 bits per heavy atom. The van der Waals surface area contributed by atoms with Crippen molar-refractivity contribution in [2.75, 3.05) is 31.6 Å². The van der Waals surface area contributed by atoms with Crippen molar-refractivity contribution in [3.63, 3.8) is 0 Å². The van der Waals surface area contributed by atoms with Crippen LogP contribution in [-0.4, -0.2) is 53.1 Å². The van der Waals surface area contributed by atoms with Crippen molar-refractivity contribution in [2.45, 2.75) is 12.8 Å². The van der Waals surface area contributed by atoms with Gasteiger partial charge in [0.25, 0.3) is 5.91 Å². The van der Waals surface area contributed by atoms with Crippen LogP contribution in [0.3, 0.4) is 0 Å². The first-order valence-corrected chi connectivity index (χ1v) is 10.5. The van der Waals surface area contributed by atoms with Crippen molar-refractivity contribution in [1.82, 2.24) is 9.88 Å². The predicted molar refractivity (Wildman–Crippen MR) is 119 cm³/mol. The summed E-state index contributed by atoms with van der Waals surface area (Å²) in [5.74, 6) is -0.444. The second-order valence-corrected chi connectivity index (χ2v) is 7.95. The van der Waals surface area contributed by atoms with E-state index in [0.29, 0.717) is 23.4 Å². The zero-order valence-corrected chi connectivity index (χ0v) is 17.0. The molecule has 2 aliphatic heterocycles. The third-order valence-corrected chi connectivity index (χ3v) is 5.84. The number of carboxylic acid groups (broad SMARTS) is 1. The van der Waals surface area contributed by atoms with Gasteiger partial charge in [-0.3, -0.25) is 9.69 Å². The highest BCUT2D eigenvalue weighted by atomic mass is 16.5. The van der Waals surface area contributed by atoms with E-state index in [1.54, 1.807) is 12.1 Å².